The molecule has 0 fully saturated rings. The van der Waals surface area contributed by atoms with Crippen molar-refractivity contribution in [3.63, 3.8) is 0 Å². The second-order valence-corrected chi connectivity index (χ2v) is 5.70. The minimum absolute atomic E-state index is 0.730. The van der Waals surface area contributed by atoms with Crippen molar-refractivity contribution >= 4 is 5.69 Å². The maximum absolute atomic E-state index is 8.94. The molecule has 2 aromatic rings. The Hall–Kier alpha value is -2.31. The molecule has 0 saturated heterocycles. The molecular formula is C18H19N3. The van der Waals surface area contributed by atoms with Gasteiger partial charge < -0.3 is 5.73 Å². The monoisotopic (exact) mass is 277 g/mol. The van der Waals surface area contributed by atoms with E-state index < -0.39 is 0 Å². The normalized spacial score (nSPS) is 14.5. The molecule has 0 atom stereocenters. The summed E-state index contributed by atoms with van der Waals surface area (Å²) < 4.78 is 0. The molecule has 0 unspecified atom stereocenters. The quantitative estimate of drug-likeness (QED) is 0.858. The molecule has 1 heterocycles. The van der Waals surface area contributed by atoms with Gasteiger partial charge in [0, 0.05) is 25.3 Å². The number of nitrogens with two attached hydrogens (primary N) is 1. The van der Waals surface area contributed by atoms with Crippen molar-refractivity contribution in [3.8, 4) is 6.07 Å². The Balaban J connectivity index is 1.77. The fourth-order valence-corrected chi connectivity index (χ4v) is 3.02. The van der Waals surface area contributed by atoms with Gasteiger partial charge in [0.25, 0.3) is 0 Å². The first-order valence-corrected chi connectivity index (χ1v) is 7.25. The van der Waals surface area contributed by atoms with Gasteiger partial charge in [-0.05, 0) is 53.8 Å². The molecule has 0 saturated carbocycles. The summed E-state index contributed by atoms with van der Waals surface area (Å²) >= 11 is 0. The van der Waals surface area contributed by atoms with E-state index in [0.717, 1.165) is 37.3 Å². The third kappa shape index (κ3) is 2.76. The lowest BCUT2D eigenvalue weighted by atomic mass is 9.97. The van der Waals surface area contributed by atoms with Gasteiger partial charge in [-0.1, -0.05) is 18.2 Å². The van der Waals surface area contributed by atoms with Gasteiger partial charge in [0.05, 0.1) is 11.6 Å². The van der Waals surface area contributed by atoms with Crippen LogP contribution in [-0.4, -0.2) is 11.4 Å². The van der Waals surface area contributed by atoms with E-state index >= 15 is 0 Å². The van der Waals surface area contributed by atoms with Crippen molar-refractivity contribution in [3.05, 3.63) is 64.2 Å². The molecule has 0 bridgehead atoms. The van der Waals surface area contributed by atoms with Gasteiger partial charge >= 0.3 is 0 Å². The summed E-state index contributed by atoms with van der Waals surface area (Å²) in [5.74, 6) is 0. The van der Waals surface area contributed by atoms with Crippen molar-refractivity contribution in [1.82, 2.24) is 4.90 Å². The summed E-state index contributed by atoms with van der Waals surface area (Å²) in [6.07, 6.45) is 1.01. The van der Waals surface area contributed by atoms with Gasteiger partial charge in [-0.3, -0.25) is 4.90 Å². The number of nitrogen functional groups attached to an aromatic ring is 1. The summed E-state index contributed by atoms with van der Waals surface area (Å²) in [5, 5.41) is 8.94. The lowest BCUT2D eigenvalue weighted by Crippen LogP contribution is -2.30. The summed E-state index contributed by atoms with van der Waals surface area (Å²) in [6, 6.07) is 14.3. The zero-order valence-corrected chi connectivity index (χ0v) is 12.3. The smallest absolute Gasteiger partial charge is 0.0991 e. The standard InChI is InChI=1S/C18H19N3/c1-13-9-14(10-19)5-6-15(13)11-21-8-7-17-16(12-21)3-2-4-18(17)20/h2-6,9H,7-8,11-12,20H2,1H3. The van der Waals surface area contributed by atoms with E-state index in [4.69, 9.17) is 11.0 Å². The van der Waals surface area contributed by atoms with Gasteiger partial charge in [-0.25, -0.2) is 0 Å². The van der Waals surface area contributed by atoms with Crippen LogP contribution in [0.15, 0.2) is 36.4 Å². The van der Waals surface area contributed by atoms with E-state index in [9.17, 15) is 0 Å². The van der Waals surface area contributed by atoms with E-state index in [1.54, 1.807) is 0 Å². The molecule has 2 N–H and O–H groups in total. The highest BCUT2D eigenvalue weighted by Gasteiger charge is 2.18. The third-order valence-corrected chi connectivity index (χ3v) is 4.25. The summed E-state index contributed by atoms with van der Waals surface area (Å²) in [4.78, 5) is 2.44. The SMILES string of the molecule is Cc1cc(C#N)ccc1CN1CCc2c(N)cccc2C1. The molecule has 1 aliphatic heterocycles. The van der Waals surface area contributed by atoms with E-state index in [1.807, 2.05) is 24.3 Å². The van der Waals surface area contributed by atoms with Gasteiger partial charge in [0.2, 0.25) is 0 Å². The number of aryl methyl sites for hydroxylation is 1. The predicted molar refractivity (Wildman–Crippen MR) is 84.6 cm³/mol. The molecule has 0 radical (unpaired) electrons. The predicted octanol–water partition coefficient (Wildman–Crippen LogP) is 3.01. The molecule has 106 valence electrons. The lowest BCUT2D eigenvalue weighted by Gasteiger charge is -2.30. The maximum Gasteiger partial charge on any atom is 0.0991 e. The van der Waals surface area contributed by atoms with Crippen LogP contribution < -0.4 is 5.73 Å². The number of benzene rings is 2. The Morgan fingerprint density at radius 1 is 1.29 bits per heavy atom. The first-order valence-electron chi connectivity index (χ1n) is 7.25. The molecule has 0 amide bonds. The van der Waals surface area contributed by atoms with E-state index in [1.165, 1.54) is 22.3 Å². The van der Waals surface area contributed by atoms with Crippen LogP contribution >= 0.6 is 0 Å². The second-order valence-electron chi connectivity index (χ2n) is 5.70. The largest absolute Gasteiger partial charge is 0.398 e. The molecule has 3 rings (SSSR count). The highest BCUT2D eigenvalue weighted by molar-refractivity contribution is 5.52. The summed E-state index contributed by atoms with van der Waals surface area (Å²) in [5.41, 5.74) is 12.8. The number of nitriles is 1. The molecule has 1 aliphatic rings. The lowest BCUT2D eigenvalue weighted by molar-refractivity contribution is 0.245. The number of hydrogen-bond donors (Lipinski definition) is 1. The van der Waals surface area contributed by atoms with Crippen LogP contribution in [0.3, 0.4) is 0 Å². The van der Waals surface area contributed by atoms with Crippen LogP contribution in [0.5, 0.6) is 0 Å². The molecule has 0 spiro atoms. The average Bonchev–Trinajstić information content (AvgIpc) is 2.49. The van der Waals surface area contributed by atoms with Gasteiger partial charge in [0.1, 0.15) is 0 Å². The van der Waals surface area contributed by atoms with Crippen molar-refractivity contribution < 1.29 is 0 Å². The fraction of sp³-hybridized carbons (Fsp3) is 0.278. The van der Waals surface area contributed by atoms with Crippen LogP contribution in [0.1, 0.15) is 27.8 Å². The second kappa shape index (κ2) is 5.59. The van der Waals surface area contributed by atoms with Gasteiger partial charge in [-0.2, -0.15) is 5.26 Å². The van der Waals surface area contributed by atoms with Crippen LogP contribution in [0.2, 0.25) is 0 Å². The third-order valence-electron chi connectivity index (χ3n) is 4.25. The maximum atomic E-state index is 8.94. The van der Waals surface area contributed by atoms with Crippen LogP contribution in [0, 0.1) is 18.3 Å². The zero-order chi connectivity index (χ0) is 14.8. The Morgan fingerprint density at radius 2 is 2.14 bits per heavy atom. The zero-order valence-electron chi connectivity index (χ0n) is 12.3. The van der Waals surface area contributed by atoms with Crippen LogP contribution in [0.25, 0.3) is 0 Å². The molecule has 2 aromatic carbocycles. The Labute approximate surface area is 125 Å². The van der Waals surface area contributed by atoms with Crippen molar-refractivity contribution in [2.24, 2.45) is 0 Å². The Morgan fingerprint density at radius 3 is 2.90 bits per heavy atom. The minimum Gasteiger partial charge on any atom is -0.398 e. The minimum atomic E-state index is 0.730. The summed E-state index contributed by atoms with van der Waals surface area (Å²) in [7, 11) is 0. The molecule has 21 heavy (non-hydrogen) atoms. The highest BCUT2D eigenvalue weighted by atomic mass is 15.1. The van der Waals surface area contributed by atoms with Crippen molar-refractivity contribution in [2.45, 2.75) is 26.4 Å². The Kier molecular flexibility index (Phi) is 3.64. The first-order chi connectivity index (χ1) is 10.2. The van der Waals surface area contributed by atoms with E-state index in [2.05, 4.69) is 30.0 Å². The van der Waals surface area contributed by atoms with Crippen LogP contribution in [0.4, 0.5) is 5.69 Å². The number of hydrogen-bond acceptors (Lipinski definition) is 3. The molecule has 3 nitrogen and oxygen atoms in total. The topological polar surface area (TPSA) is 53.0 Å². The van der Waals surface area contributed by atoms with E-state index in [-0.39, 0.29) is 0 Å². The number of fused-ring (bicyclic) bond motifs is 1. The highest BCUT2D eigenvalue weighted by Crippen LogP contribution is 2.25. The average molecular weight is 277 g/mol. The molecule has 0 aromatic heterocycles. The van der Waals surface area contributed by atoms with Crippen LogP contribution in [-0.2, 0) is 19.5 Å². The first kappa shape index (κ1) is 13.7. The van der Waals surface area contributed by atoms with Gasteiger partial charge in [0.15, 0.2) is 0 Å². The van der Waals surface area contributed by atoms with Gasteiger partial charge in [-0.15, -0.1) is 0 Å². The number of anilines is 1. The summed E-state index contributed by atoms with van der Waals surface area (Å²) in [6.45, 7) is 4.97. The van der Waals surface area contributed by atoms with Crippen molar-refractivity contribution in [1.29, 1.82) is 5.26 Å². The van der Waals surface area contributed by atoms with E-state index in [0.29, 0.717) is 0 Å². The van der Waals surface area contributed by atoms with Crippen molar-refractivity contribution in [2.75, 3.05) is 12.3 Å². The Bertz CT molecular complexity index is 713. The molecule has 0 aliphatic carbocycles. The number of rotatable bonds is 2. The fourth-order valence-electron chi connectivity index (χ4n) is 3.02. The molecular weight excluding hydrogens is 258 g/mol. The molecule has 3 heteroatoms. The number of nitrogens with zero attached hydrogens (tertiary/aromatic N) is 2.